The highest BCUT2D eigenvalue weighted by Crippen LogP contribution is 2.24. The molecule has 0 unspecified atom stereocenters. The Labute approximate surface area is 94.0 Å². The highest BCUT2D eigenvalue weighted by atomic mass is 35.5. The molecule has 0 bridgehead atoms. The van der Waals surface area contributed by atoms with Crippen molar-refractivity contribution in [3.63, 3.8) is 0 Å². The molecule has 0 spiro atoms. The number of hydrogen-bond acceptors (Lipinski definition) is 2. The number of rotatable bonds is 2. The summed E-state index contributed by atoms with van der Waals surface area (Å²) in [5.74, 6) is -0.683. The van der Waals surface area contributed by atoms with Gasteiger partial charge in [-0.05, 0) is 30.2 Å². The van der Waals surface area contributed by atoms with Crippen LogP contribution in [0.2, 0.25) is 0 Å². The van der Waals surface area contributed by atoms with E-state index in [1.807, 2.05) is 13.8 Å². The van der Waals surface area contributed by atoms with E-state index in [2.05, 4.69) is 0 Å². The third-order valence-electron chi connectivity index (χ3n) is 1.73. The Kier molecular flexibility index (Phi) is 5.94. The molecule has 0 fully saturated rings. The molecule has 0 amide bonds. The molecular weight excluding hydrogens is 219 g/mol. The van der Waals surface area contributed by atoms with E-state index in [-0.39, 0.29) is 11.3 Å². The number of carbonyl (C=O) groups is 1. The van der Waals surface area contributed by atoms with Gasteiger partial charge in [-0.15, -0.1) is 0 Å². The van der Waals surface area contributed by atoms with Crippen molar-refractivity contribution in [3.05, 3.63) is 29.1 Å². The van der Waals surface area contributed by atoms with Crippen LogP contribution < -0.4 is 4.74 Å². The van der Waals surface area contributed by atoms with Gasteiger partial charge in [0.05, 0.1) is 12.7 Å². The highest BCUT2D eigenvalue weighted by Gasteiger charge is 2.16. The second-order valence-corrected chi connectivity index (χ2v) is 2.89. The number of halogens is 2. The van der Waals surface area contributed by atoms with Gasteiger partial charge in [-0.3, -0.25) is 4.79 Å². The molecule has 1 aromatic rings. The lowest BCUT2D eigenvalue weighted by Crippen LogP contribution is -2.00. The molecule has 0 aliphatic heterocycles. The summed E-state index contributed by atoms with van der Waals surface area (Å²) in [5.41, 5.74) is 0.374. The van der Waals surface area contributed by atoms with Crippen LogP contribution in [0.3, 0.4) is 0 Å². The Bertz CT molecular complexity index is 351. The summed E-state index contributed by atoms with van der Waals surface area (Å²) in [6.07, 6.45) is 0. The SMILES string of the molecule is CC.COc1ccc(C)c(C(=O)Cl)c1F. The van der Waals surface area contributed by atoms with Gasteiger partial charge >= 0.3 is 0 Å². The van der Waals surface area contributed by atoms with Crippen molar-refractivity contribution >= 4 is 16.8 Å². The van der Waals surface area contributed by atoms with Crippen LogP contribution in [0.25, 0.3) is 0 Å². The van der Waals surface area contributed by atoms with E-state index in [1.165, 1.54) is 13.2 Å². The molecule has 1 aromatic carbocycles. The van der Waals surface area contributed by atoms with Crippen LogP contribution in [0.1, 0.15) is 29.8 Å². The van der Waals surface area contributed by atoms with Gasteiger partial charge in [-0.25, -0.2) is 4.39 Å². The molecular formula is C11H14ClFO2. The first kappa shape index (κ1) is 13.9. The molecule has 0 saturated carbocycles. The summed E-state index contributed by atoms with van der Waals surface area (Å²) in [6.45, 7) is 5.61. The molecule has 1 rings (SSSR count). The van der Waals surface area contributed by atoms with Crippen LogP contribution in [0.5, 0.6) is 5.75 Å². The molecule has 0 N–H and O–H groups in total. The lowest BCUT2D eigenvalue weighted by molar-refractivity contribution is 0.107. The average molecular weight is 233 g/mol. The number of ether oxygens (including phenoxy) is 1. The van der Waals surface area contributed by atoms with Crippen LogP contribution >= 0.6 is 11.6 Å². The van der Waals surface area contributed by atoms with E-state index in [9.17, 15) is 9.18 Å². The molecule has 0 aliphatic carbocycles. The van der Waals surface area contributed by atoms with Gasteiger partial charge in [0.2, 0.25) is 0 Å². The molecule has 0 aromatic heterocycles. The molecule has 0 saturated heterocycles. The maximum Gasteiger partial charge on any atom is 0.255 e. The molecule has 2 nitrogen and oxygen atoms in total. The minimum absolute atomic E-state index is 0.0228. The van der Waals surface area contributed by atoms with E-state index in [0.717, 1.165) is 0 Å². The third-order valence-corrected chi connectivity index (χ3v) is 1.92. The maximum absolute atomic E-state index is 13.4. The number of aryl methyl sites for hydroxylation is 1. The quantitative estimate of drug-likeness (QED) is 0.729. The van der Waals surface area contributed by atoms with E-state index in [1.54, 1.807) is 13.0 Å². The van der Waals surface area contributed by atoms with Gasteiger partial charge in [0.15, 0.2) is 11.6 Å². The maximum atomic E-state index is 13.4. The van der Waals surface area contributed by atoms with Crippen molar-refractivity contribution in [3.8, 4) is 5.75 Å². The van der Waals surface area contributed by atoms with Crippen molar-refractivity contribution in [1.82, 2.24) is 0 Å². The van der Waals surface area contributed by atoms with Crippen molar-refractivity contribution < 1.29 is 13.9 Å². The summed E-state index contributed by atoms with van der Waals surface area (Å²) in [4.78, 5) is 10.8. The third kappa shape index (κ3) is 3.20. The average Bonchev–Trinajstić information content (AvgIpc) is 2.20. The van der Waals surface area contributed by atoms with Crippen LogP contribution in [-0.4, -0.2) is 12.4 Å². The minimum atomic E-state index is -0.811. The van der Waals surface area contributed by atoms with Crippen molar-refractivity contribution in [2.45, 2.75) is 20.8 Å². The first-order valence-corrected chi connectivity index (χ1v) is 4.98. The van der Waals surface area contributed by atoms with Gasteiger partial charge in [-0.1, -0.05) is 19.9 Å². The second kappa shape index (κ2) is 6.40. The Hall–Kier alpha value is -1.09. The number of benzene rings is 1. The first-order valence-electron chi connectivity index (χ1n) is 4.61. The van der Waals surface area contributed by atoms with Crippen LogP contribution in [-0.2, 0) is 0 Å². The van der Waals surface area contributed by atoms with Crippen LogP contribution in [0.15, 0.2) is 12.1 Å². The van der Waals surface area contributed by atoms with Crippen LogP contribution in [0.4, 0.5) is 4.39 Å². The Morgan fingerprint density at radius 2 is 1.93 bits per heavy atom. The zero-order valence-electron chi connectivity index (χ0n) is 9.23. The summed E-state index contributed by atoms with van der Waals surface area (Å²) < 4.78 is 18.1. The predicted molar refractivity (Wildman–Crippen MR) is 59.2 cm³/mol. The fourth-order valence-electron chi connectivity index (χ4n) is 1.05. The number of methoxy groups -OCH3 is 1. The van der Waals surface area contributed by atoms with Crippen molar-refractivity contribution in [2.75, 3.05) is 7.11 Å². The van der Waals surface area contributed by atoms with E-state index < -0.39 is 11.1 Å². The fraction of sp³-hybridized carbons (Fsp3) is 0.364. The standard InChI is InChI=1S/C9H8ClFO2.C2H6/c1-5-3-4-6(13-2)8(11)7(5)9(10)12;1-2/h3-4H,1-2H3;1-2H3. The lowest BCUT2D eigenvalue weighted by Gasteiger charge is -2.06. The predicted octanol–water partition coefficient (Wildman–Crippen LogP) is 3.55. The van der Waals surface area contributed by atoms with Gasteiger partial charge < -0.3 is 4.74 Å². The zero-order valence-corrected chi connectivity index (χ0v) is 9.98. The molecule has 0 heterocycles. The van der Waals surface area contributed by atoms with E-state index >= 15 is 0 Å². The molecule has 84 valence electrons. The minimum Gasteiger partial charge on any atom is -0.494 e. The topological polar surface area (TPSA) is 26.3 Å². The summed E-state index contributed by atoms with van der Waals surface area (Å²) in [5, 5.41) is -0.811. The Balaban J connectivity index is 0.000000921. The molecule has 4 heteroatoms. The van der Waals surface area contributed by atoms with Gasteiger partial charge in [-0.2, -0.15) is 0 Å². The van der Waals surface area contributed by atoms with Crippen molar-refractivity contribution in [1.29, 1.82) is 0 Å². The molecule has 0 atom stereocenters. The molecule has 0 radical (unpaired) electrons. The number of hydrogen-bond donors (Lipinski definition) is 0. The summed E-state index contributed by atoms with van der Waals surface area (Å²) in [6, 6.07) is 3.03. The molecule has 0 aliphatic rings. The highest BCUT2D eigenvalue weighted by molar-refractivity contribution is 6.68. The van der Waals surface area contributed by atoms with E-state index in [0.29, 0.717) is 5.56 Å². The largest absolute Gasteiger partial charge is 0.494 e. The zero-order chi connectivity index (χ0) is 12.0. The Morgan fingerprint density at radius 1 is 1.40 bits per heavy atom. The summed E-state index contributed by atoms with van der Waals surface area (Å²) in [7, 11) is 1.33. The normalized spacial score (nSPS) is 8.93. The van der Waals surface area contributed by atoms with E-state index in [4.69, 9.17) is 16.3 Å². The summed E-state index contributed by atoms with van der Waals surface area (Å²) >= 11 is 5.21. The van der Waals surface area contributed by atoms with Gasteiger partial charge in [0.1, 0.15) is 0 Å². The van der Waals surface area contributed by atoms with Crippen LogP contribution in [0, 0.1) is 12.7 Å². The first-order chi connectivity index (χ1) is 7.07. The fourth-order valence-corrected chi connectivity index (χ4v) is 1.28. The van der Waals surface area contributed by atoms with Crippen molar-refractivity contribution in [2.24, 2.45) is 0 Å². The Morgan fingerprint density at radius 3 is 2.33 bits per heavy atom. The smallest absolute Gasteiger partial charge is 0.255 e. The lowest BCUT2D eigenvalue weighted by atomic mass is 10.1. The number of carbonyl (C=O) groups excluding carboxylic acids is 1. The molecule has 15 heavy (non-hydrogen) atoms. The van der Waals surface area contributed by atoms with Gasteiger partial charge in [0, 0.05) is 0 Å². The monoisotopic (exact) mass is 232 g/mol. The second-order valence-electron chi connectivity index (χ2n) is 2.55. The van der Waals surface area contributed by atoms with Gasteiger partial charge in [0.25, 0.3) is 5.24 Å².